The number of H-pyrrole nitrogens is 1. The van der Waals surface area contributed by atoms with Crippen molar-refractivity contribution in [2.45, 2.75) is 0 Å². The van der Waals surface area contributed by atoms with Gasteiger partial charge in [0.25, 0.3) is 0 Å². The molecule has 3 aromatic rings. The maximum Gasteiger partial charge on any atom is 0.203 e. The molecule has 8 heteroatoms. The molecular weight excluding hydrogens is 364 g/mol. The van der Waals surface area contributed by atoms with Gasteiger partial charge in [-0.1, -0.05) is 0 Å². The fraction of sp³-hybridized carbons (Fsp3) is 0.263. The minimum absolute atomic E-state index is 0.497. The van der Waals surface area contributed by atoms with Gasteiger partial charge in [-0.3, -0.25) is 9.67 Å². The summed E-state index contributed by atoms with van der Waals surface area (Å²) in [6.45, 7) is 0. The molecule has 0 bridgehead atoms. The fourth-order valence-electron chi connectivity index (χ4n) is 2.84. The van der Waals surface area contributed by atoms with Crippen LogP contribution in [0.4, 0.5) is 5.69 Å². The second kappa shape index (κ2) is 7.71. The zero-order valence-electron chi connectivity index (χ0n) is 15.9. The number of nitrogens with zero attached hydrogens (tertiary/aromatic N) is 3. The SMILES string of the molecule is COc1cc(-c2n[nH]c(=S)n2-c2ccc(N(C)C)cc2)cc(OC)c1OC. The summed E-state index contributed by atoms with van der Waals surface area (Å²) in [5, 5.41) is 7.28. The Balaban J connectivity index is 2.16. The van der Waals surface area contributed by atoms with E-state index in [1.807, 2.05) is 60.0 Å². The number of aromatic amines is 1. The Hall–Kier alpha value is -3.00. The molecule has 0 aliphatic rings. The molecule has 3 rings (SSSR count). The van der Waals surface area contributed by atoms with Crippen molar-refractivity contribution in [3.8, 4) is 34.3 Å². The van der Waals surface area contributed by atoms with Crippen LogP contribution in [0.5, 0.6) is 17.2 Å². The van der Waals surface area contributed by atoms with Crippen LogP contribution < -0.4 is 19.1 Å². The van der Waals surface area contributed by atoms with E-state index in [9.17, 15) is 0 Å². The van der Waals surface area contributed by atoms with Crippen LogP contribution in [0.2, 0.25) is 0 Å². The van der Waals surface area contributed by atoms with Crippen molar-refractivity contribution in [1.82, 2.24) is 14.8 Å². The van der Waals surface area contributed by atoms with Crippen molar-refractivity contribution in [2.24, 2.45) is 0 Å². The summed E-state index contributed by atoms with van der Waals surface area (Å²) >= 11 is 5.46. The molecule has 0 saturated heterocycles. The number of aromatic nitrogens is 3. The van der Waals surface area contributed by atoms with Crippen molar-refractivity contribution in [1.29, 1.82) is 0 Å². The maximum atomic E-state index is 5.46. The molecule has 7 nitrogen and oxygen atoms in total. The average Bonchev–Trinajstić information content (AvgIpc) is 3.08. The summed E-state index contributed by atoms with van der Waals surface area (Å²) in [4.78, 5) is 2.04. The molecule has 1 heterocycles. The van der Waals surface area contributed by atoms with Gasteiger partial charge in [0.05, 0.1) is 27.0 Å². The highest BCUT2D eigenvalue weighted by Crippen LogP contribution is 2.41. The van der Waals surface area contributed by atoms with E-state index in [1.165, 1.54) is 0 Å². The van der Waals surface area contributed by atoms with Crippen molar-refractivity contribution in [3.63, 3.8) is 0 Å². The molecule has 1 N–H and O–H groups in total. The first kappa shape index (κ1) is 18.8. The van der Waals surface area contributed by atoms with Crippen LogP contribution >= 0.6 is 12.2 Å². The Morgan fingerprint density at radius 1 is 0.963 bits per heavy atom. The molecule has 0 radical (unpaired) electrons. The van der Waals surface area contributed by atoms with E-state index in [2.05, 4.69) is 10.2 Å². The van der Waals surface area contributed by atoms with Crippen LogP contribution in [0.3, 0.4) is 0 Å². The fourth-order valence-corrected chi connectivity index (χ4v) is 3.08. The zero-order chi connectivity index (χ0) is 19.6. The number of hydrogen-bond donors (Lipinski definition) is 1. The molecule has 0 aliphatic heterocycles. The van der Waals surface area contributed by atoms with Crippen molar-refractivity contribution >= 4 is 17.9 Å². The van der Waals surface area contributed by atoms with Crippen LogP contribution in [0, 0.1) is 4.77 Å². The predicted octanol–water partition coefficient (Wildman–Crippen LogP) is 3.69. The second-order valence-corrected chi connectivity index (χ2v) is 6.40. The molecule has 0 spiro atoms. The Kier molecular flexibility index (Phi) is 5.36. The van der Waals surface area contributed by atoms with E-state index in [-0.39, 0.29) is 0 Å². The van der Waals surface area contributed by atoms with Gasteiger partial charge in [-0.2, -0.15) is 5.10 Å². The Morgan fingerprint density at radius 3 is 2.04 bits per heavy atom. The lowest BCUT2D eigenvalue weighted by Gasteiger charge is -2.15. The minimum atomic E-state index is 0.497. The van der Waals surface area contributed by atoms with E-state index in [1.54, 1.807) is 21.3 Å². The lowest BCUT2D eigenvalue weighted by atomic mass is 10.1. The monoisotopic (exact) mass is 386 g/mol. The quantitative estimate of drug-likeness (QED) is 0.652. The summed E-state index contributed by atoms with van der Waals surface area (Å²) in [5.41, 5.74) is 2.79. The Bertz CT molecular complexity index is 968. The first-order chi connectivity index (χ1) is 13.0. The molecule has 142 valence electrons. The topological polar surface area (TPSA) is 64.5 Å². The standard InChI is InChI=1S/C19H22N4O3S/c1-22(2)13-6-8-14(9-7-13)23-18(20-21-19(23)27)12-10-15(24-3)17(26-5)16(11-12)25-4/h6-11H,1-5H3,(H,21,27). The molecule has 0 saturated carbocycles. The number of hydrogen-bond acceptors (Lipinski definition) is 6. The normalized spacial score (nSPS) is 10.6. The molecule has 0 amide bonds. The molecule has 0 unspecified atom stereocenters. The van der Waals surface area contributed by atoms with Gasteiger partial charge in [0.15, 0.2) is 22.1 Å². The van der Waals surface area contributed by atoms with Crippen LogP contribution in [0.1, 0.15) is 0 Å². The molecule has 0 fully saturated rings. The lowest BCUT2D eigenvalue weighted by Crippen LogP contribution is -2.08. The Morgan fingerprint density at radius 2 is 1.56 bits per heavy atom. The largest absolute Gasteiger partial charge is 0.493 e. The number of anilines is 1. The summed E-state index contributed by atoms with van der Waals surface area (Å²) in [5.74, 6) is 2.28. The van der Waals surface area contributed by atoms with Crippen LogP contribution in [-0.4, -0.2) is 50.2 Å². The number of nitrogens with one attached hydrogen (secondary N) is 1. The summed E-state index contributed by atoms with van der Waals surface area (Å²) < 4.78 is 18.7. The number of rotatable bonds is 6. The predicted molar refractivity (Wildman–Crippen MR) is 108 cm³/mol. The van der Waals surface area contributed by atoms with Gasteiger partial charge < -0.3 is 19.1 Å². The van der Waals surface area contributed by atoms with Gasteiger partial charge in [0, 0.05) is 25.3 Å². The van der Waals surface area contributed by atoms with Crippen LogP contribution in [-0.2, 0) is 0 Å². The van der Waals surface area contributed by atoms with E-state index >= 15 is 0 Å². The second-order valence-electron chi connectivity index (χ2n) is 6.01. The first-order valence-electron chi connectivity index (χ1n) is 8.25. The highest BCUT2D eigenvalue weighted by molar-refractivity contribution is 7.71. The number of benzene rings is 2. The summed E-state index contributed by atoms with van der Waals surface area (Å²) in [7, 11) is 8.73. The minimum Gasteiger partial charge on any atom is -0.493 e. The highest BCUT2D eigenvalue weighted by Gasteiger charge is 2.18. The van der Waals surface area contributed by atoms with Gasteiger partial charge in [0.2, 0.25) is 5.75 Å². The van der Waals surface area contributed by atoms with Crippen molar-refractivity contribution in [2.75, 3.05) is 40.3 Å². The van der Waals surface area contributed by atoms with Crippen molar-refractivity contribution in [3.05, 3.63) is 41.2 Å². The number of methoxy groups -OCH3 is 3. The Labute approximate surface area is 163 Å². The summed E-state index contributed by atoms with van der Waals surface area (Å²) in [6, 6.07) is 11.8. The third-order valence-corrected chi connectivity index (χ3v) is 4.49. The lowest BCUT2D eigenvalue weighted by molar-refractivity contribution is 0.324. The third-order valence-electron chi connectivity index (χ3n) is 4.22. The molecule has 0 atom stereocenters. The van der Waals surface area contributed by atoms with E-state index < -0.39 is 0 Å². The first-order valence-corrected chi connectivity index (χ1v) is 8.66. The molecular formula is C19H22N4O3S. The molecule has 0 aliphatic carbocycles. The van der Waals surface area contributed by atoms with Gasteiger partial charge in [-0.05, 0) is 48.6 Å². The van der Waals surface area contributed by atoms with Gasteiger partial charge in [0.1, 0.15) is 0 Å². The van der Waals surface area contributed by atoms with Gasteiger partial charge in [-0.15, -0.1) is 0 Å². The maximum absolute atomic E-state index is 5.46. The van der Waals surface area contributed by atoms with E-state index in [0.29, 0.717) is 27.8 Å². The zero-order valence-corrected chi connectivity index (χ0v) is 16.8. The number of ether oxygens (including phenoxy) is 3. The molecule has 1 aromatic heterocycles. The highest BCUT2D eigenvalue weighted by atomic mass is 32.1. The van der Waals surface area contributed by atoms with E-state index in [4.69, 9.17) is 26.4 Å². The smallest absolute Gasteiger partial charge is 0.203 e. The van der Waals surface area contributed by atoms with Crippen molar-refractivity contribution < 1.29 is 14.2 Å². The van der Waals surface area contributed by atoms with Crippen LogP contribution in [0.15, 0.2) is 36.4 Å². The van der Waals surface area contributed by atoms with Crippen LogP contribution in [0.25, 0.3) is 17.1 Å². The summed E-state index contributed by atoms with van der Waals surface area (Å²) in [6.07, 6.45) is 0. The van der Waals surface area contributed by atoms with Gasteiger partial charge in [-0.25, -0.2) is 0 Å². The average molecular weight is 386 g/mol. The third kappa shape index (κ3) is 3.48. The van der Waals surface area contributed by atoms with E-state index in [0.717, 1.165) is 16.9 Å². The molecule has 2 aromatic carbocycles. The van der Waals surface area contributed by atoms with Gasteiger partial charge >= 0.3 is 0 Å². The molecule has 27 heavy (non-hydrogen) atoms.